The number of rotatable bonds is 5. The fourth-order valence-electron chi connectivity index (χ4n) is 1.33. The van der Waals surface area contributed by atoms with Crippen LogP contribution in [0.1, 0.15) is 6.92 Å². The van der Waals surface area contributed by atoms with Crippen molar-refractivity contribution in [2.24, 2.45) is 7.05 Å². The van der Waals surface area contributed by atoms with Crippen molar-refractivity contribution < 1.29 is 47.7 Å². The van der Waals surface area contributed by atoms with Gasteiger partial charge in [-0.2, -0.15) is 26.3 Å². The van der Waals surface area contributed by atoms with Crippen LogP contribution in [0.3, 0.4) is 0 Å². The first-order chi connectivity index (χ1) is 10.9. The summed E-state index contributed by atoms with van der Waals surface area (Å²) >= 11 is 0. The molecule has 0 aliphatic heterocycles. The maximum absolute atomic E-state index is 11.6. The van der Waals surface area contributed by atoms with Crippen LogP contribution < -0.4 is 4.57 Å². The molecule has 0 unspecified atom stereocenters. The van der Waals surface area contributed by atoms with Crippen LogP contribution in [-0.2, 0) is 33.6 Å². The minimum atomic E-state index is -5.56. The van der Waals surface area contributed by atoms with Crippen LogP contribution in [0.25, 0.3) is 4.13 Å². The average Bonchev–Trinajstić information content (AvgIpc) is 2.67. The molecule has 0 saturated carbocycles. The smallest absolute Gasteiger partial charge is 0.401 e. The molecule has 0 spiro atoms. The Morgan fingerprint density at radius 2 is 1.36 bits per heavy atom. The number of alkyl halides is 6. The van der Waals surface area contributed by atoms with Gasteiger partial charge in [0.1, 0.15) is 23.9 Å². The van der Waals surface area contributed by atoms with Crippen molar-refractivity contribution in [2.45, 2.75) is 25.8 Å². The molecule has 0 atom stereocenters. The monoisotopic (exact) mass is 419 g/mol. The van der Waals surface area contributed by atoms with Crippen molar-refractivity contribution >= 4 is 20.0 Å². The molecule has 1 aromatic heterocycles. The Labute approximate surface area is 140 Å². The van der Waals surface area contributed by atoms with Gasteiger partial charge in [0, 0.05) is 0 Å². The molecule has 0 aromatic carbocycles. The van der Waals surface area contributed by atoms with Crippen molar-refractivity contribution in [1.29, 1.82) is 0 Å². The summed E-state index contributed by atoms with van der Waals surface area (Å²) in [6.07, 6.45) is -4.45. The first kappa shape index (κ1) is 23.6. The molecule has 7 nitrogen and oxygen atoms in total. The van der Waals surface area contributed by atoms with Crippen LogP contribution >= 0.6 is 0 Å². The minimum absolute atomic E-state index is 1.06. The molecule has 0 amide bonds. The summed E-state index contributed by atoms with van der Waals surface area (Å²) in [4.78, 5) is 0. The van der Waals surface area contributed by atoms with E-state index in [1.54, 1.807) is 4.13 Å². The highest BCUT2D eigenvalue weighted by Crippen LogP contribution is 2.25. The number of halogens is 6. The molecule has 1 rings (SSSR count). The Hall–Kier alpha value is -1.35. The number of aryl methyl sites for hydroxylation is 2. The third-order valence-electron chi connectivity index (χ3n) is 2.11. The van der Waals surface area contributed by atoms with E-state index < -0.39 is 43.9 Å². The molecule has 0 saturated heterocycles. The lowest BCUT2D eigenvalue weighted by molar-refractivity contribution is -0.671. The zero-order chi connectivity index (χ0) is 20.1. The second-order valence-electron chi connectivity index (χ2n) is 4.67. The van der Waals surface area contributed by atoms with Crippen LogP contribution in [0.15, 0.2) is 18.7 Å². The molecular weight excluding hydrogens is 404 g/mol. The molecule has 0 aliphatic carbocycles. The third kappa shape index (κ3) is 12.6. The van der Waals surface area contributed by atoms with Gasteiger partial charge >= 0.3 is 12.4 Å². The molecule has 0 bridgehead atoms. The quantitative estimate of drug-likeness (QED) is 0.534. The molecule has 0 radical (unpaired) electrons. The molecule has 0 aliphatic rings. The Morgan fingerprint density at radius 1 is 0.960 bits per heavy atom. The fourth-order valence-corrected chi connectivity index (χ4v) is 3.96. The van der Waals surface area contributed by atoms with Crippen molar-refractivity contribution in [3.63, 3.8) is 0 Å². The Bertz CT molecular complexity index is 708. The van der Waals surface area contributed by atoms with Crippen molar-refractivity contribution in [3.05, 3.63) is 22.8 Å². The van der Waals surface area contributed by atoms with Crippen LogP contribution in [-0.4, -0.2) is 45.3 Å². The number of nitrogens with zero attached hydrogens (tertiary/aromatic N) is 3. The summed E-state index contributed by atoms with van der Waals surface area (Å²) in [7, 11) is -9.09. The highest BCUT2D eigenvalue weighted by atomic mass is 32.3. The summed E-state index contributed by atoms with van der Waals surface area (Å²) in [5.74, 6) is -5.28. The van der Waals surface area contributed by atoms with E-state index in [4.69, 9.17) is 0 Å². The number of imidazole rings is 1. The summed E-state index contributed by atoms with van der Waals surface area (Å²) in [6, 6.07) is 0. The molecule has 1 aromatic rings. The van der Waals surface area contributed by atoms with E-state index in [1.165, 1.54) is 0 Å². The van der Waals surface area contributed by atoms with Crippen LogP contribution in [0.4, 0.5) is 26.3 Å². The number of hydrogen-bond acceptors (Lipinski definition) is 4. The predicted octanol–water partition coefficient (Wildman–Crippen LogP) is 1.48. The Kier molecular flexibility index (Phi) is 7.90. The van der Waals surface area contributed by atoms with Gasteiger partial charge in [-0.25, -0.2) is 26.0 Å². The summed E-state index contributed by atoms with van der Waals surface area (Å²) < 4.78 is 117. The molecule has 148 valence electrons. The van der Waals surface area contributed by atoms with E-state index in [-0.39, 0.29) is 0 Å². The van der Waals surface area contributed by atoms with E-state index in [0.717, 1.165) is 6.54 Å². The van der Waals surface area contributed by atoms with Crippen molar-refractivity contribution in [3.8, 4) is 0 Å². The van der Waals surface area contributed by atoms with Crippen LogP contribution in [0, 0.1) is 0 Å². The van der Waals surface area contributed by atoms with Gasteiger partial charge in [0.15, 0.2) is 0 Å². The second kappa shape index (κ2) is 8.35. The molecule has 0 N–H and O–H groups in total. The van der Waals surface area contributed by atoms with Gasteiger partial charge in [-0.05, 0) is 6.92 Å². The van der Waals surface area contributed by atoms with Crippen molar-refractivity contribution in [1.82, 2.24) is 4.57 Å². The maximum atomic E-state index is 11.6. The normalized spacial score (nSPS) is 13.3. The molecule has 0 fully saturated rings. The highest BCUT2D eigenvalue weighted by molar-refractivity contribution is 8.12. The fraction of sp³-hybridized carbons (Fsp3) is 0.700. The van der Waals surface area contributed by atoms with E-state index in [1.807, 2.05) is 17.8 Å². The topological polar surface area (TPSA) is 91.2 Å². The van der Waals surface area contributed by atoms with E-state index >= 15 is 0 Å². The van der Waals surface area contributed by atoms with Gasteiger partial charge < -0.3 is 4.13 Å². The summed E-state index contributed by atoms with van der Waals surface area (Å²) in [5.41, 5.74) is 0. The lowest BCUT2D eigenvalue weighted by Crippen LogP contribution is -2.27. The van der Waals surface area contributed by atoms with E-state index in [2.05, 4.69) is 24.0 Å². The third-order valence-corrected chi connectivity index (χ3v) is 5.31. The highest BCUT2D eigenvalue weighted by Gasteiger charge is 2.35. The second-order valence-corrected chi connectivity index (χ2v) is 8.17. The largest absolute Gasteiger partial charge is 0.436 e. The lowest BCUT2D eigenvalue weighted by Gasteiger charge is -2.21. The SMILES string of the molecule is CCn1cc[n+](C)c1.O=S(=O)(CC(F)(F)F)[N-]S(=O)(=O)CC(F)(F)F. The standard InChI is InChI=1S/C6H11N2.C4H4F6NO4S2/c1-3-8-5-4-7(2)6-8;5-3(6,7)1-16(12,13)11-17(14,15)2-4(8,9)10/h4-6H,3H2,1-2H3;1-2H2/q+1;-1. The first-order valence-electron chi connectivity index (χ1n) is 6.29. The maximum Gasteiger partial charge on any atom is 0.401 e. The van der Waals surface area contributed by atoms with Gasteiger partial charge in [0.2, 0.25) is 6.33 Å². The number of sulfonamides is 2. The van der Waals surface area contributed by atoms with Gasteiger partial charge in [-0.1, -0.05) is 0 Å². The van der Waals surface area contributed by atoms with Gasteiger partial charge in [-0.15, -0.1) is 0 Å². The zero-order valence-corrected chi connectivity index (χ0v) is 14.5. The van der Waals surface area contributed by atoms with E-state index in [0.29, 0.717) is 0 Å². The summed E-state index contributed by atoms with van der Waals surface area (Å²) in [6.45, 7) is 3.18. The van der Waals surface area contributed by atoms with Gasteiger partial charge in [-0.3, -0.25) is 0 Å². The Morgan fingerprint density at radius 3 is 1.56 bits per heavy atom. The molecule has 15 heteroatoms. The van der Waals surface area contributed by atoms with E-state index in [9.17, 15) is 43.2 Å². The lowest BCUT2D eigenvalue weighted by atomic mass is 10.7. The van der Waals surface area contributed by atoms with Gasteiger partial charge in [0.25, 0.3) is 0 Å². The van der Waals surface area contributed by atoms with Crippen molar-refractivity contribution in [2.75, 3.05) is 11.5 Å². The molecule has 25 heavy (non-hydrogen) atoms. The predicted molar refractivity (Wildman–Crippen MR) is 74.3 cm³/mol. The Balaban J connectivity index is 0.000000593. The van der Waals surface area contributed by atoms with Gasteiger partial charge in [0.05, 0.1) is 33.6 Å². The van der Waals surface area contributed by atoms with Crippen LogP contribution in [0.5, 0.6) is 0 Å². The zero-order valence-electron chi connectivity index (χ0n) is 12.9. The number of hydrogen-bond donors (Lipinski definition) is 0. The molecule has 1 heterocycles. The first-order valence-corrected chi connectivity index (χ1v) is 9.51. The molecular formula is C10H15F6N3O4S2. The average molecular weight is 419 g/mol. The van der Waals surface area contributed by atoms with Crippen LogP contribution in [0.2, 0.25) is 0 Å². The summed E-state index contributed by atoms with van der Waals surface area (Å²) in [5, 5.41) is 0. The number of aromatic nitrogens is 2. The minimum Gasteiger partial charge on any atom is -0.436 e.